The highest BCUT2D eigenvalue weighted by Crippen LogP contribution is 2.21. The van der Waals surface area contributed by atoms with Crippen LogP contribution in [0.3, 0.4) is 0 Å². The topological polar surface area (TPSA) is 67.4 Å². The largest absolute Gasteiger partial charge is 0.494 e. The van der Waals surface area contributed by atoms with Crippen LogP contribution in [-0.2, 0) is 16.0 Å². The number of methoxy groups -OCH3 is 1. The van der Waals surface area contributed by atoms with E-state index in [-0.39, 0.29) is 30.0 Å². The predicted molar refractivity (Wildman–Crippen MR) is 94.0 cm³/mol. The second-order valence-electron chi connectivity index (χ2n) is 5.74. The number of anilines is 1. The summed E-state index contributed by atoms with van der Waals surface area (Å²) >= 11 is 0. The first-order valence-electron chi connectivity index (χ1n) is 7.88. The molecule has 0 radical (unpaired) electrons. The number of hydrogen-bond donors (Lipinski definition) is 2. The Labute approximate surface area is 146 Å². The summed E-state index contributed by atoms with van der Waals surface area (Å²) in [5.74, 6) is -0.613. The quantitative estimate of drug-likeness (QED) is 0.845. The maximum Gasteiger partial charge on any atom is 0.224 e. The molecule has 0 aliphatic carbocycles. The fraction of sp³-hybridized carbons (Fsp3) is 0.263. The summed E-state index contributed by atoms with van der Waals surface area (Å²) < 4.78 is 18.6. The van der Waals surface area contributed by atoms with Crippen molar-refractivity contribution in [1.82, 2.24) is 5.32 Å². The molecule has 0 aliphatic heterocycles. The lowest BCUT2D eigenvalue weighted by molar-refractivity contribution is -0.121. The first kappa shape index (κ1) is 18.4. The Hall–Kier alpha value is -2.89. The van der Waals surface area contributed by atoms with Gasteiger partial charge in [0.15, 0.2) is 11.6 Å². The lowest BCUT2D eigenvalue weighted by Gasteiger charge is -2.15. The van der Waals surface area contributed by atoms with Crippen molar-refractivity contribution in [3.8, 4) is 5.75 Å². The number of nitrogens with one attached hydrogen (secondary N) is 2. The monoisotopic (exact) mass is 344 g/mol. The van der Waals surface area contributed by atoms with Crippen LogP contribution in [-0.4, -0.2) is 18.9 Å². The van der Waals surface area contributed by atoms with E-state index in [4.69, 9.17) is 4.74 Å². The first-order chi connectivity index (χ1) is 11.9. The Bertz CT molecular complexity index is 760. The van der Waals surface area contributed by atoms with Gasteiger partial charge in [0.2, 0.25) is 11.8 Å². The Balaban J connectivity index is 1.95. The first-order valence-corrected chi connectivity index (χ1v) is 7.88. The average molecular weight is 344 g/mol. The number of carbonyl (C=O) groups excluding carboxylic acids is 2. The van der Waals surface area contributed by atoms with E-state index in [2.05, 4.69) is 10.6 Å². The van der Waals surface area contributed by atoms with Gasteiger partial charge in [-0.2, -0.15) is 0 Å². The van der Waals surface area contributed by atoms with Crippen molar-refractivity contribution in [3.63, 3.8) is 0 Å². The van der Waals surface area contributed by atoms with Crippen LogP contribution in [0, 0.1) is 5.82 Å². The van der Waals surface area contributed by atoms with E-state index in [1.54, 1.807) is 37.3 Å². The summed E-state index contributed by atoms with van der Waals surface area (Å²) in [4.78, 5) is 23.2. The molecule has 2 aromatic rings. The molecular weight excluding hydrogens is 323 g/mol. The summed E-state index contributed by atoms with van der Waals surface area (Å²) in [6.07, 6.45) is 0.198. The molecule has 2 rings (SSSR count). The number of ether oxygens (including phenoxy) is 1. The molecule has 0 spiro atoms. The summed E-state index contributed by atoms with van der Waals surface area (Å²) in [6.45, 7) is 3.23. The van der Waals surface area contributed by atoms with Crippen LogP contribution >= 0.6 is 0 Å². The number of halogens is 1. The molecule has 2 aromatic carbocycles. The highest BCUT2D eigenvalue weighted by atomic mass is 19.1. The summed E-state index contributed by atoms with van der Waals surface area (Å²) in [5, 5.41) is 5.51. The van der Waals surface area contributed by atoms with E-state index in [1.807, 2.05) is 0 Å². The zero-order valence-electron chi connectivity index (χ0n) is 14.4. The van der Waals surface area contributed by atoms with Crippen LogP contribution in [0.25, 0.3) is 0 Å². The minimum atomic E-state index is -0.463. The molecule has 132 valence electrons. The minimum absolute atomic E-state index is 0.147. The smallest absolute Gasteiger partial charge is 0.224 e. The third-order valence-corrected chi connectivity index (χ3v) is 3.69. The van der Waals surface area contributed by atoms with Gasteiger partial charge in [0.25, 0.3) is 0 Å². The van der Waals surface area contributed by atoms with Crippen LogP contribution in [0.15, 0.2) is 42.5 Å². The highest BCUT2D eigenvalue weighted by molar-refractivity contribution is 5.88. The zero-order chi connectivity index (χ0) is 18.4. The fourth-order valence-corrected chi connectivity index (χ4v) is 2.42. The van der Waals surface area contributed by atoms with Crippen molar-refractivity contribution < 1.29 is 18.7 Å². The van der Waals surface area contributed by atoms with Crippen molar-refractivity contribution in [3.05, 3.63) is 59.4 Å². The molecule has 1 atom stereocenters. The minimum Gasteiger partial charge on any atom is -0.494 e. The highest BCUT2D eigenvalue weighted by Gasteiger charge is 2.13. The van der Waals surface area contributed by atoms with E-state index in [1.165, 1.54) is 26.2 Å². The lowest BCUT2D eigenvalue weighted by Crippen LogP contribution is -2.28. The predicted octanol–water partition coefficient (Wildman–Crippen LogP) is 3.21. The third-order valence-electron chi connectivity index (χ3n) is 3.69. The molecule has 0 fully saturated rings. The molecule has 0 saturated carbocycles. The van der Waals surface area contributed by atoms with Crippen molar-refractivity contribution in [1.29, 1.82) is 0 Å². The van der Waals surface area contributed by atoms with Gasteiger partial charge in [0.1, 0.15) is 0 Å². The number of amides is 2. The third kappa shape index (κ3) is 5.31. The molecule has 0 aliphatic rings. The lowest BCUT2D eigenvalue weighted by atomic mass is 10.1. The standard InChI is InChI=1S/C19H21FN2O3/c1-12(15-6-9-18(25-3)17(20)11-15)21-19(24)10-14-4-7-16(8-5-14)22-13(2)23/h4-9,11-12H,10H2,1-3H3,(H,21,24)(H,22,23)/t12-/m1/s1. The van der Waals surface area contributed by atoms with Crippen LogP contribution in [0.1, 0.15) is 31.0 Å². The van der Waals surface area contributed by atoms with Crippen molar-refractivity contribution in [2.45, 2.75) is 26.3 Å². The summed E-state index contributed by atoms with van der Waals surface area (Å²) in [6, 6.07) is 11.3. The van der Waals surface area contributed by atoms with E-state index in [0.29, 0.717) is 11.3 Å². The maximum absolute atomic E-state index is 13.8. The van der Waals surface area contributed by atoms with E-state index < -0.39 is 5.82 Å². The Kier molecular flexibility index (Phi) is 6.11. The molecule has 0 unspecified atom stereocenters. The van der Waals surface area contributed by atoms with Gasteiger partial charge in [0, 0.05) is 12.6 Å². The van der Waals surface area contributed by atoms with Crippen LogP contribution in [0.2, 0.25) is 0 Å². The van der Waals surface area contributed by atoms with Gasteiger partial charge in [-0.05, 0) is 42.3 Å². The number of rotatable bonds is 6. The van der Waals surface area contributed by atoms with Gasteiger partial charge in [-0.15, -0.1) is 0 Å². The Morgan fingerprint density at radius 3 is 2.40 bits per heavy atom. The number of benzene rings is 2. The molecule has 0 aromatic heterocycles. The zero-order valence-corrected chi connectivity index (χ0v) is 14.4. The van der Waals surface area contributed by atoms with E-state index in [0.717, 1.165) is 5.56 Å². The SMILES string of the molecule is COc1ccc([C@@H](C)NC(=O)Cc2ccc(NC(C)=O)cc2)cc1F. The van der Waals surface area contributed by atoms with Crippen LogP contribution < -0.4 is 15.4 Å². The van der Waals surface area contributed by atoms with E-state index in [9.17, 15) is 14.0 Å². The Morgan fingerprint density at radius 1 is 1.16 bits per heavy atom. The fourth-order valence-electron chi connectivity index (χ4n) is 2.42. The molecule has 0 bridgehead atoms. The second-order valence-corrected chi connectivity index (χ2v) is 5.74. The van der Waals surface area contributed by atoms with Crippen molar-refractivity contribution >= 4 is 17.5 Å². The number of carbonyl (C=O) groups is 2. The second kappa shape index (κ2) is 8.28. The molecule has 2 amide bonds. The van der Waals surface area contributed by atoms with Crippen LogP contribution in [0.4, 0.5) is 10.1 Å². The van der Waals surface area contributed by atoms with E-state index >= 15 is 0 Å². The molecule has 2 N–H and O–H groups in total. The van der Waals surface area contributed by atoms with Gasteiger partial charge in [-0.1, -0.05) is 18.2 Å². The summed E-state index contributed by atoms with van der Waals surface area (Å²) in [5.41, 5.74) is 2.16. The molecule has 25 heavy (non-hydrogen) atoms. The summed E-state index contributed by atoms with van der Waals surface area (Å²) in [7, 11) is 1.40. The van der Waals surface area contributed by atoms with Crippen molar-refractivity contribution in [2.75, 3.05) is 12.4 Å². The van der Waals surface area contributed by atoms with Gasteiger partial charge < -0.3 is 15.4 Å². The van der Waals surface area contributed by atoms with Gasteiger partial charge in [0.05, 0.1) is 19.6 Å². The average Bonchev–Trinajstić information content (AvgIpc) is 2.56. The molecule has 0 saturated heterocycles. The Morgan fingerprint density at radius 2 is 1.84 bits per heavy atom. The maximum atomic E-state index is 13.8. The molecule has 5 nitrogen and oxygen atoms in total. The normalized spacial score (nSPS) is 11.5. The van der Waals surface area contributed by atoms with Crippen molar-refractivity contribution in [2.24, 2.45) is 0 Å². The van der Waals surface area contributed by atoms with Gasteiger partial charge in [-0.25, -0.2) is 4.39 Å². The van der Waals surface area contributed by atoms with Crippen LogP contribution in [0.5, 0.6) is 5.75 Å². The van der Waals surface area contributed by atoms with Gasteiger partial charge in [-0.3, -0.25) is 9.59 Å². The molecule has 6 heteroatoms. The number of hydrogen-bond acceptors (Lipinski definition) is 3. The molecular formula is C19H21FN2O3. The molecule has 0 heterocycles. The van der Waals surface area contributed by atoms with Gasteiger partial charge >= 0.3 is 0 Å².